The normalized spacial score (nSPS) is 14.3. The maximum absolute atomic E-state index is 11.3. The molecule has 1 atom stereocenters. The number of carboxylic acid groups (broad SMARTS) is 1. The first-order valence-corrected chi connectivity index (χ1v) is 6.00. The van der Waals surface area contributed by atoms with Gasteiger partial charge in [-0.3, -0.25) is 4.79 Å². The van der Waals surface area contributed by atoms with Gasteiger partial charge in [0.1, 0.15) is 0 Å². The Hall–Kier alpha value is -0.620. The second-order valence-corrected chi connectivity index (χ2v) is 5.97. The number of nitrogens with one attached hydrogen (secondary N) is 1. The number of carbonyl (C=O) groups is 1. The Morgan fingerprint density at radius 2 is 1.86 bits per heavy atom. The standard InChI is InChI=1S/C8H17NO4S/c1-6(2)14(12,13)9-5-7(3)4-8(10)11/h6-7,9H,4-5H2,1-3H3,(H,10,11). The number of carboxylic acids is 1. The largest absolute Gasteiger partial charge is 0.481 e. The van der Waals surface area contributed by atoms with Crippen LogP contribution in [-0.4, -0.2) is 31.3 Å². The maximum atomic E-state index is 11.3. The summed E-state index contributed by atoms with van der Waals surface area (Å²) in [6.45, 7) is 5.01. The van der Waals surface area contributed by atoms with Crippen LogP contribution in [0, 0.1) is 5.92 Å². The number of hydrogen-bond donors (Lipinski definition) is 2. The molecule has 0 saturated heterocycles. The zero-order valence-electron chi connectivity index (χ0n) is 8.65. The molecule has 0 aliphatic carbocycles. The molecule has 0 aromatic carbocycles. The first-order chi connectivity index (χ1) is 6.25. The molecule has 0 saturated carbocycles. The van der Waals surface area contributed by atoms with Crippen LogP contribution in [0.2, 0.25) is 0 Å². The van der Waals surface area contributed by atoms with E-state index in [9.17, 15) is 13.2 Å². The van der Waals surface area contributed by atoms with Gasteiger partial charge < -0.3 is 5.11 Å². The average molecular weight is 223 g/mol. The SMILES string of the molecule is CC(CNS(=O)(=O)C(C)C)CC(=O)O. The second-order valence-electron chi connectivity index (χ2n) is 3.65. The minimum Gasteiger partial charge on any atom is -0.481 e. The van der Waals surface area contributed by atoms with E-state index >= 15 is 0 Å². The molecule has 0 aliphatic heterocycles. The minimum absolute atomic E-state index is 0.0272. The molecule has 0 amide bonds. The molecule has 0 aromatic heterocycles. The van der Waals surface area contributed by atoms with Crippen molar-refractivity contribution in [1.82, 2.24) is 4.72 Å². The first-order valence-electron chi connectivity index (χ1n) is 4.46. The molecule has 84 valence electrons. The zero-order valence-corrected chi connectivity index (χ0v) is 9.47. The van der Waals surface area contributed by atoms with Gasteiger partial charge in [-0.25, -0.2) is 13.1 Å². The third kappa shape index (κ3) is 5.18. The van der Waals surface area contributed by atoms with E-state index in [4.69, 9.17) is 5.11 Å². The van der Waals surface area contributed by atoms with E-state index in [1.807, 2.05) is 0 Å². The third-order valence-corrected chi connectivity index (χ3v) is 3.59. The highest BCUT2D eigenvalue weighted by Crippen LogP contribution is 2.02. The summed E-state index contributed by atoms with van der Waals surface area (Å²) in [6, 6.07) is 0. The molecule has 0 aliphatic rings. The van der Waals surface area contributed by atoms with Crippen molar-refractivity contribution < 1.29 is 18.3 Å². The van der Waals surface area contributed by atoms with Gasteiger partial charge in [-0.2, -0.15) is 0 Å². The van der Waals surface area contributed by atoms with Crippen molar-refractivity contribution in [3.63, 3.8) is 0 Å². The number of aliphatic carboxylic acids is 1. The Labute approximate surface area is 84.6 Å². The van der Waals surface area contributed by atoms with Crippen molar-refractivity contribution in [2.75, 3.05) is 6.54 Å². The molecular weight excluding hydrogens is 206 g/mol. The van der Waals surface area contributed by atoms with Crippen LogP contribution in [0.1, 0.15) is 27.2 Å². The van der Waals surface area contributed by atoms with E-state index in [0.717, 1.165) is 0 Å². The minimum atomic E-state index is -3.27. The van der Waals surface area contributed by atoms with Crippen LogP contribution in [0.3, 0.4) is 0 Å². The van der Waals surface area contributed by atoms with Crippen molar-refractivity contribution in [2.24, 2.45) is 5.92 Å². The summed E-state index contributed by atoms with van der Waals surface area (Å²) < 4.78 is 24.9. The first kappa shape index (κ1) is 13.4. The zero-order chi connectivity index (χ0) is 11.4. The van der Waals surface area contributed by atoms with Crippen molar-refractivity contribution in [2.45, 2.75) is 32.4 Å². The van der Waals surface area contributed by atoms with Crippen molar-refractivity contribution in [1.29, 1.82) is 0 Å². The Kier molecular flexibility index (Phi) is 5.07. The lowest BCUT2D eigenvalue weighted by molar-refractivity contribution is -0.137. The summed E-state index contributed by atoms with van der Waals surface area (Å²) >= 11 is 0. The summed E-state index contributed by atoms with van der Waals surface area (Å²) in [6.07, 6.45) is -0.0272. The molecule has 0 rings (SSSR count). The van der Waals surface area contributed by atoms with Crippen LogP contribution in [0.5, 0.6) is 0 Å². The van der Waals surface area contributed by atoms with Gasteiger partial charge in [-0.15, -0.1) is 0 Å². The Bertz CT molecular complexity index is 284. The quantitative estimate of drug-likeness (QED) is 0.683. The molecule has 1 unspecified atom stereocenters. The fourth-order valence-electron chi connectivity index (χ4n) is 0.795. The van der Waals surface area contributed by atoms with Crippen LogP contribution >= 0.6 is 0 Å². The van der Waals surface area contributed by atoms with Crippen LogP contribution in [0.4, 0.5) is 0 Å². The predicted octanol–water partition coefficient (Wildman–Crippen LogP) is 0.425. The lowest BCUT2D eigenvalue weighted by Gasteiger charge is -2.12. The lowest BCUT2D eigenvalue weighted by Crippen LogP contribution is -2.34. The van der Waals surface area contributed by atoms with Gasteiger partial charge in [-0.1, -0.05) is 6.92 Å². The van der Waals surface area contributed by atoms with Gasteiger partial charge in [0.25, 0.3) is 0 Å². The second kappa shape index (κ2) is 5.31. The fourth-order valence-corrected chi connectivity index (χ4v) is 1.65. The Balaban J connectivity index is 4.01. The van der Waals surface area contributed by atoms with Gasteiger partial charge in [0.05, 0.1) is 5.25 Å². The van der Waals surface area contributed by atoms with E-state index in [0.29, 0.717) is 0 Å². The van der Waals surface area contributed by atoms with Crippen LogP contribution in [-0.2, 0) is 14.8 Å². The number of sulfonamides is 1. The highest BCUT2D eigenvalue weighted by molar-refractivity contribution is 7.90. The van der Waals surface area contributed by atoms with Gasteiger partial charge in [0, 0.05) is 13.0 Å². The van der Waals surface area contributed by atoms with Gasteiger partial charge >= 0.3 is 5.97 Å². The van der Waals surface area contributed by atoms with Crippen molar-refractivity contribution in [3.8, 4) is 0 Å². The molecule has 0 radical (unpaired) electrons. The molecule has 6 heteroatoms. The summed E-state index contributed by atoms with van der Waals surface area (Å²) in [7, 11) is -3.27. The summed E-state index contributed by atoms with van der Waals surface area (Å²) in [5, 5.41) is 7.96. The number of rotatable bonds is 6. The third-order valence-electron chi connectivity index (χ3n) is 1.78. The number of hydrogen-bond acceptors (Lipinski definition) is 3. The highest BCUT2D eigenvalue weighted by Gasteiger charge is 2.17. The highest BCUT2D eigenvalue weighted by atomic mass is 32.2. The molecule has 0 bridgehead atoms. The van der Waals surface area contributed by atoms with E-state index in [1.165, 1.54) is 0 Å². The molecule has 2 N–H and O–H groups in total. The molecular formula is C8H17NO4S. The van der Waals surface area contributed by atoms with Crippen molar-refractivity contribution >= 4 is 16.0 Å². The molecule has 0 fully saturated rings. The van der Waals surface area contributed by atoms with Crippen LogP contribution in [0.15, 0.2) is 0 Å². The van der Waals surface area contributed by atoms with E-state index in [2.05, 4.69) is 4.72 Å². The maximum Gasteiger partial charge on any atom is 0.303 e. The van der Waals surface area contributed by atoms with Gasteiger partial charge in [-0.05, 0) is 19.8 Å². The fraction of sp³-hybridized carbons (Fsp3) is 0.875. The Morgan fingerprint density at radius 3 is 2.21 bits per heavy atom. The van der Waals surface area contributed by atoms with E-state index in [-0.39, 0.29) is 18.9 Å². The topological polar surface area (TPSA) is 83.5 Å². The van der Waals surface area contributed by atoms with E-state index < -0.39 is 21.2 Å². The molecule has 5 nitrogen and oxygen atoms in total. The Morgan fingerprint density at radius 1 is 1.36 bits per heavy atom. The molecule has 0 spiro atoms. The average Bonchev–Trinajstić information content (AvgIpc) is 1.99. The summed E-state index contributed by atoms with van der Waals surface area (Å²) in [5.74, 6) is -1.11. The molecule has 0 heterocycles. The summed E-state index contributed by atoms with van der Waals surface area (Å²) in [4.78, 5) is 10.3. The lowest BCUT2D eigenvalue weighted by atomic mass is 10.1. The van der Waals surface area contributed by atoms with Crippen LogP contribution in [0.25, 0.3) is 0 Å². The molecule has 14 heavy (non-hydrogen) atoms. The van der Waals surface area contributed by atoms with Gasteiger partial charge in [0.2, 0.25) is 10.0 Å². The van der Waals surface area contributed by atoms with E-state index in [1.54, 1.807) is 20.8 Å². The summed E-state index contributed by atoms with van der Waals surface area (Å²) in [5.41, 5.74) is 0. The van der Waals surface area contributed by atoms with Gasteiger partial charge in [0.15, 0.2) is 0 Å². The monoisotopic (exact) mass is 223 g/mol. The molecule has 0 aromatic rings. The van der Waals surface area contributed by atoms with Crippen molar-refractivity contribution in [3.05, 3.63) is 0 Å². The smallest absolute Gasteiger partial charge is 0.303 e. The van der Waals surface area contributed by atoms with Crippen LogP contribution < -0.4 is 4.72 Å². The predicted molar refractivity (Wildman–Crippen MR) is 53.5 cm³/mol.